The fourth-order valence-electron chi connectivity index (χ4n) is 3.09. The van der Waals surface area contributed by atoms with E-state index in [1.807, 2.05) is 59.0 Å². The molecule has 1 amide bonds. The van der Waals surface area contributed by atoms with Crippen LogP contribution in [0.15, 0.2) is 42.1 Å². The van der Waals surface area contributed by atoms with Gasteiger partial charge in [0.25, 0.3) is 5.91 Å². The van der Waals surface area contributed by atoms with Gasteiger partial charge >= 0.3 is 0 Å². The number of unbranched alkanes of at least 4 members (excludes halogenated alkanes) is 1. The van der Waals surface area contributed by atoms with Gasteiger partial charge in [-0.15, -0.1) is 0 Å². The van der Waals surface area contributed by atoms with Crippen molar-refractivity contribution in [1.82, 2.24) is 15.3 Å². The number of benzene rings is 1. The summed E-state index contributed by atoms with van der Waals surface area (Å²) >= 11 is 0. The molecule has 2 N–H and O–H groups in total. The molecule has 6 nitrogen and oxygen atoms in total. The number of allylic oxidation sites excluding steroid dienone is 1. The van der Waals surface area contributed by atoms with Crippen LogP contribution in [0, 0.1) is 13.8 Å². The number of rotatable bonds is 8. The van der Waals surface area contributed by atoms with Crippen molar-refractivity contribution >= 4 is 24.0 Å². The maximum atomic E-state index is 11.5. The normalized spacial score (nSPS) is 12.3. The molecule has 0 spiro atoms. The minimum absolute atomic E-state index is 0.0613. The summed E-state index contributed by atoms with van der Waals surface area (Å²) in [5.74, 6) is 0.0613. The molecule has 0 atom stereocenters. The zero-order valence-corrected chi connectivity index (χ0v) is 21.1. The van der Waals surface area contributed by atoms with Gasteiger partial charge in [0.2, 0.25) is 0 Å². The highest BCUT2D eigenvalue weighted by Crippen LogP contribution is 2.21. The molecule has 1 fully saturated rings. The molecule has 2 aromatic rings. The highest BCUT2D eigenvalue weighted by molar-refractivity contribution is 5.94. The molecule has 1 aliphatic rings. The summed E-state index contributed by atoms with van der Waals surface area (Å²) in [4.78, 5) is 22.3. The van der Waals surface area contributed by atoms with Crippen molar-refractivity contribution in [2.75, 3.05) is 13.6 Å². The Balaban J connectivity index is 0.000000268. The van der Waals surface area contributed by atoms with Gasteiger partial charge in [-0.25, -0.2) is 4.68 Å². The molecule has 0 aliphatic heterocycles. The Morgan fingerprint density at radius 3 is 2.45 bits per heavy atom. The Kier molecular flexibility index (Phi) is 12.7. The number of nitrogens with zero attached hydrogens (tertiary/aromatic N) is 2. The fraction of sp³-hybridized carbons (Fsp3) is 0.444. The van der Waals surface area contributed by atoms with Crippen LogP contribution in [-0.2, 0) is 0 Å². The maximum absolute atomic E-state index is 11.5. The van der Waals surface area contributed by atoms with E-state index in [1.54, 1.807) is 17.1 Å². The van der Waals surface area contributed by atoms with Crippen molar-refractivity contribution in [3.8, 4) is 0 Å². The lowest BCUT2D eigenvalue weighted by molar-refractivity contribution is 0.0950. The van der Waals surface area contributed by atoms with E-state index in [1.165, 1.54) is 12.8 Å². The Labute approximate surface area is 199 Å². The standard InChI is InChI=1S/C11H14N2O.C11H13NO.C5H13N/c1-5-12-13-6-10(7-14)9(4)11(13)8(2)3;1-8-3-2-4-9(7-8)11(13)12-10-5-6-10;1-3-4-5-6-2/h5-7H,2H2,1,3-4H3;2-4,7,10H,5-6H2,1H3,(H,12,13);6H,3-5H2,1-2H3/b12-5-;;. The van der Waals surface area contributed by atoms with E-state index in [2.05, 4.69) is 29.2 Å². The molecule has 1 aromatic heterocycles. The lowest BCUT2D eigenvalue weighted by atomic mass is 10.1. The number of carbonyl (C=O) groups is 2. The summed E-state index contributed by atoms with van der Waals surface area (Å²) in [6.07, 6.45) is 9.10. The monoisotopic (exact) mass is 452 g/mol. The van der Waals surface area contributed by atoms with E-state index in [0.29, 0.717) is 11.6 Å². The van der Waals surface area contributed by atoms with Crippen LogP contribution in [0.4, 0.5) is 0 Å². The first-order chi connectivity index (χ1) is 15.8. The number of aromatic nitrogens is 1. The zero-order valence-electron chi connectivity index (χ0n) is 21.1. The van der Waals surface area contributed by atoms with Gasteiger partial charge in [-0.1, -0.05) is 37.6 Å². The van der Waals surface area contributed by atoms with Crippen LogP contribution in [0.1, 0.15) is 84.0 Å². The smallest absolute Gasteiger partial charge is 0.251 e. The van der Waals surface area contributed by atoms with Gasteiger partial charge in [0.15, 0.2) is 6.29 Å². The number of aryl methyl sites for hydroxylation is 1. The molecule has 1 saturated carbocycles. The SMILES string of the molecule is C=C(C)c1c(C)c(C=O)cn1/N=C\C.CCCCNC.Cc1cccc(C(=O)NC2CC2)c1. The molecule has 0 saturated heterocycles. The lowest BCUT2D eigenvalue weighted by Gasteiger charge is -2.03. The topological polar surface area (TPSA) is 75.5 Å². The average molecular weight is 453 g/mol. The highest BCUT2D eigenvalue weighted by atomic mass is 16.1. The Morgan fingerprint density at radius 1 is 1.30 bits per heavy atom. The van der Waals surface area contributed by atoms with Crippen LogP contribution >= 0.6 is 0 Å². The fourth-order valence-corrected chi connectivity index (χ4v) is 3.09. The van der Waals surface area contributed by atoms with Crippen molar-refractivity contribution in [2.45, 2.75) is 66.3 Å². The number of hydrogen-bond acceptors (Lipinski definition) is 4. The second kappa shape index (κ2) is 15.0. The lowest BCUT2D eigenvalue weighted by Crippen LogP contribution is -2.25. The summed E-state index contributed by atoms with van der Waals surface area (Å²) in [7, 11) is 1.98. The quantitative estimate of drug-likeness (QED) is 0.320. The maximum Gasteiger partial charge on any atom is 0.251 e. The van der Waals surface area contributed by atoms with E-state index in [-0.39, 0.29) is 5.91 Å². The van der Waals surface area contributed by atoms with Gasteiger partial charge in [0.05, 0.1) is 5.69 Å². The third-order valence-electron chi connectivity index (χ3n) is 5.02. The highest BCUT2D eigenvalue weighted by Gasteiger charge is 2.23. The van der Waals surface area contributed by atoms with E-state index in [4.69, 9.17) is 0 Å². The molecule has 0 bridgehead atoms. The van der Waals surface area contributed by atoms with Crippen molar-refractivity contribution in [3.05, 3.63) is 65.0 Å². The summed E-state index contributed by atoms with van der Waals surface area (Å²) in [6.45, 7) is 14.8. The Hall–Kier alpha value is -2.99. The molecule has 1 aromatic carbocycles. The molecule has 6 heteroatoms. The van der Waals surface area contributed by atoms with Crippen LogP contribution in [-0.4, -0.2) is 42.7 Å². The Bertz CT molecular complexity index is 936. The zero-order chi connectivity index (χ0) is 24.8. The van der Waals surface area contributed by atoms with Gasteiger partial charge in [-0.05, 0) is 83.8 Å². The second-order valence-electron chi connectivity index (χ2n) is 8.25. The van der Waals surface area contributed by atoms with E-state index >= 15 is 0 Å². The van der Waals surface area contributed by atoms with E-state index in [0.717, 1.165) is 53.6 Å². The van der Waals surface area contributed by atoms with Crippen molar-refractivity contribution in [1.29, 1.82) is 0 Å². The number of aldehydes is 1. The van der Waals surface area contributed by atoms with Crippen LogP contribution in [0.25, 0.3) is 5.57 Å². The minimum Gasteiger partial charge on any atom is -0.349 e. The van der Waals surface area contributed by atoms with Gasteiger partial charge in [0, 0.05) is 29.6 Å². The number of amides is 1. The van der Waals surface area contributed by atoms with Crippen LogP contribution in [0.5, 0.6) is 0 Å². The van der Waals surface area contributed by atoms with Crippen LogP contribution in [0.2, 0.25) is 0 Å². The molecule has 180 valence electrons. The van der Waals surface area contributed by atoms with Gasteiger partial charge in [-0.2, -0.15) is 5.10 Å². The molecular weight excluding hydrogens is 412 g/mol. The summed E-state index contributed by atoms with van der Waals surface area (Å²) in [5, 5.41) is 10.2. The minimum atomic E-state index is 0.0613. The van der Waals surface area contributed by atoms with Crippen LogP contribution in [0.3, 0.4) is 0 Å². The van der Waals surface area contributed by atoms with Gasteiger partial charge in [-0.3, -0.25) is 9.59 Å². The molecular formula is C27H40N4O2. The Morgan fingerprint density at radius 2 is 2.00 bits per heavy atom. The average Bonchev–Trinajstić information content (AvgIpc) is 3.54. The number of carbonyl (C=O) groups excluding carboxylic acids is 2. The summed E-state index contributed by atoms with van der Waals surface area (Å²) in [6, 6.07) is 8.11. The van der Waals surface area contributed by atoms with Crippen molar-refractivity contribution in [2.24, 2.45) is 5.10 Å². The van der Waals surface area contributed by atoms with Crippen molar-refractivity contribution in [3.63, 3.8) is 0 Å². The van der Waals surface area contributed by atoms with Gasteiger partial charge in [0.1, 0.15) is 0 Å². The van der Waals surface area contributed by atoms with Gasteiger partial charge < -0.3 is 10.6 Å². The molecule has 3 rings (SSSR count). The summed E-state index contributed by atoms with van der Waals surface area (Å²) in [5.41, 5.74) is 5.30. The van der Waals surface area contributed by atoms with Crippen LogP contribution < -0.4 is 10.6 Å². The molecule has 0 radical (unpaired) electrons. The second-order valence-corrected chi connectivity index (χ2v) is 8.25. The summed E-state index contributed by atoms with van der Waals surface area (Å²) < 4.78 is 1.68. The molecule has 33 heavy (non-hydrogen) atoms. The first-order valence-corrected chi connectivity index (χ1v) is 11.6. The molecule has 1 heterocycles. The predicted molar refractivity (Wildman–Crippen MR) is 139 cm³/mol. The van der Waals surface area contributed by atoms with Crippen molar-refractivity contribution < 1.29 is 9.59 Å². The first-order valence-electron chi connectivity index (χ1n) is 11.6. The van der Waals surface area contributed by atoms with E-state index < -0.39 is 0 Å². The molecule has 0 unspecified atom stereocenters. The number of nitrogens with one attached hydrogen (secondary N) is 2. The third kappa shape index (κ3) is 10.00. The third-order valence-corrected chi connectivity index (χ3v) is 5.02. The number of hydrogen-bond donors (Lipinski definition) is 2. The largest absolute Gasteiger partial charge is 0.349 e. The molecule has 1 aliphatic carbocycles. The predicted octanol–water partition coefficient (Wildman–Crippen LogP) is 5.39. The first kappa shape index (κ1) is 28.0. The van der Waals surface area contributed by atoms with E-state index in [9.17, 15) is 9.59 Å².